The van der Waals surface area contributed by atoms with E-state index in [9.17, 15) is 0 Å². The predicted octanol–water partition coefficient (Wildman–Crippen LogP) is 1.11. The lowest BCUT2D eigenvalue weighted by Crippen LogP contribution is -2.49. The van der Waals surface area contributed by atoms with Crippen molar-refractivity contribution in [2.45, 2.75) is 38.8 Å². The van der Waals surface area contributed by atoms with E-state index in [1.165, 1.54) is 19.4 Å². The summed E-state index contributed by atoms with van der Waals surface area (Å²) >= 11 is 0. The average Bonchev–Trinajstić information content (AvgIpc) is 2.80. The second-order valence-corrected chi connectivity index (χ2v) is 5.92. The Morgan fingerprint density at radius 3 is 3.17 bits per heavy atom. The minimum atomic E-state index is 0.365. The summed E-state index contributed by atoms with van der Waals surface area (Å²) in [5.74, 6) is 0.624. The van der Waals surface area contributed by atoms with Crippen molar-refractivity contribution in [3.05, 3.63) is 0 Å². The van der Waals surface area contributed by atoms with Crippen LogP contribution in [0, 0.1) is 5.92 Å². The van der Waals surface area contributed by atoms with Gasteiger partial charge in [-0.2, -0.15) is 0 Å². The molecule has 18 heavy (non-hydrogen) atoms. The van der Waals surface area contributed by atoms with Crippen molar-refractivity contribution in [2.24, 2.45) is 5.92 Å². The first kappa shape index (κ1) is 14.3. The van der Waals surface area contributed by atoms with Crippen LogP contribution in [0.3, 0.4) is 0 Å². The zero-order valence-corrected chi connectivity index (χ0v) is 11.9. The van der Waals surface area contributed by atoms with E-state index in [-0.39, 0.29) is 0 Å². The second-order valence-electron chi connectivity index (χ2n) is 5.92. The topological polar surface area (TPSA) is 33.7 Å². The van der Waals surface area contributed by atoms with Crippen molar-refractivity contribution in [2.75, 3.05) is 46.0 Å². The summed E-state index contributed by atoms with van der Waals surface area (Å²) in [4.78, 5) is 2.59. The molecule has 0 aliphatic carbocycles. The molecule has 0 saturated carbocycles. The van der Waals surface area contributed by atoms with Crippen LogP contribution < -0.4 is 5.32 Å². The van der Waals surface area contributed by atoms with Gasteiger partial charge in [-0.1, -0.05) is 13.8 Å². The monoisotopic (exact) mass is 256 g/mol. The Bertz CT molecular complexity index is 236. The van der Waals surface area contributed by atoms with E-state index in [0.29, 0.717) is 18.1 Å². The van der Waals surface area contributed by atoms with Crippen molar-refractivity contribution in [3.63, 3.8) is 0 Å². The van der Waals surface area contributed by atoms with Gasteiger partial charge in [-0.15, -0.1) is 0 Å². The molecule has 0 aromatic heterocycles. The van der Waals surface area contributed by atoms with E-state index in [2.05, 4.69) is 24.1 Å². The largest absolute Gasteiger partial charge is 0.380 e. The van der Waals surface area contributed by atoms with Gasteiger partial charge in [0.1, 0.15) is 0 Å². The fraction of sp³-hybridized carbons (Fsp3) is 1.00. The molecule has 1 N–H and O–H groups in total. The molecular formula is C14H28N2O2. The third-order valence-electron chi connectivity index (χ3n) is 3.71. The maximum absolute atomic E-state index is 5.89. The Kier molecular flexibility index (Phi) is 5.89. The van der Waals surface area contributed by atoms with Gasteiger partial charge in [0.15, 0.2) is 0 Å². The summed E-state index contributed by atoms with van der Waals surface area (Å²) in [6.07, 6.45) is 3.03. The first-order valence-corrected chi connectivity index (χ1v) is 7.40. The second kappa shape index (κ2) is 7.43. The maximum atomic E-state index is 5.89. The molecule has 4 nitrogen and oxygen atoms in total. The number of hydrogen-bond acceptors (Lipinski definition) is 4. The Hall–Kier alpha value is -0.160. The quantitative estimate of drug-likeness (QED) is 0.692. The van der Waals surface area contributed by atoms with Gasteiger partial charge in [-0.3, -0.25) is 4.90 Å². The molecule has 2 fully saturated rings. The minimum absolute atomic E-state index is 0.365. The van der Waals surface area contributed by atoms with Crippen molar-refractivity contribution in [3.8, 4) is 0 Å². The molecule has 106 valence electrons. The molecule has 2 unspecified atom stereocenters. The standard InChI is InChI=1S/C14H28N2O2/c1-12(2)10-17-7-5-15-8-14-9-16-6-3-4-13(16)11-18-14/h12-15H,3-11H2,1-2H3. The van der Waals surface area contributed by atoms with Gasteiger partial charge in [0.25, 0.3) is 0 Å². The zero-order chi connectivity index (χ0) is 12.8. The van der Waals surface area contributed by atoms with E-state index in [1.54, 1.807) is 0 Å². The zero-order valence-electron chi connectivity index (χ0n) is 11.9. The van der Waals surface area contributed by atoms with Crippen LogP contribution in [-0.4, -0.2) is 63.0 Å². The van der Waals surface area contributed by atoms with Crippen molar-refractivity contribution in [1.29, 1.82) is 0 Å². The molecular weight excluding hydrogens is 228 g/mol. The summed E-state index contributed by atoms with van der Waals surface area (Å²) in [6.45, 7) is 11.2. The first-order valence-electron chi connectivity index (χ1n) is 7.40. The lowest BCUT2D eigenvalue weighted by molar-refractivity contribution is -0.0473. The Morgan fingerprint density at radius 2 is 2.33 bits per heavy atom. The van der Waals surface area contributed by atoms with Crippen LogP contribution in [0.4, 0.5) is 0 Å². The van der Waals surface area contributed by atoms with Crippen molar-refractivity contribution >= 4 is 0 Å². The molecule has 0 aromatic rings. The van der Waals surface area contributed by atoms with Crippen molar-refractivity contribution < 1.29 is 9.47 Å². The van der Waals surface area contributed by atoms with E-state index in [0.717, 1.165) is 39.5 Å². The molecule has 2 heterocycles. The Labute approximate surface area is 111 Å². The molecule has 2 rings (SSSR count). The maximum Gasteiger partial charge on any atom is 0.0827 e. The van der Waals surface area contributed by atoms with Gasteiger partial charge >= 0.3 is 0 Å². The number of hydrogen-bond donors (Lipinski definition) is 1. The summed E-state index contributed by atoms with van der Waals surface area (Å²) in [5, 5.41) is 3.43. The number of fused-ring (bicyclic) bond motifs is 1. The first-order chi connectivity index (χ1) is 8.75. The Morgan fingerprint density at radius 1 is 1.44 bits per heavy atom. The van der Waals surface area contributed by atoms with E-state index >= 15 is 0 Å². The van der Waals surface area contributed by atoms with E-state index < -0.39 is 0 Å². The van der Waals surface area contributed by atoms with Gasteiger partial charge in [0.2, 0.25) is 0 Å². The van der Waals surface area contributed by atoms with Gasteiger partial charge < -0.3 is 14.8 Å². The number of nitrogens with zero attached hydrogens (tertiary/aromatic N) is 1. The van der Waals surface area contributed by atoms with Crippen LogP contribution in [0.1, 0.15) is 26.7 Å². The molecule has 2 aliphatic rings. The lowest BCUT2D eigenvalue weighted by Gasteiger charge is -2.35. The van der Waals surface area contributed by atoms with Crippen LogP contribution in [0.5, 0.6) is 0 Å². The third kappa shape index (κ3) is 4.50. The molecule has 2 atom stereocenters. The highest BCUT2D eigenvalue weighted by atomic mass is 16.5. The highest BCUT2D eigenvalue weighted by molar-refractivity contribution is 4.85. The van der Waals surface area contributed by atoms with Crippen LogP contribution >= 0.6 is 0 Å². The van der Waals surface area contributed by atoms with Gasteiger partial charge in [-0.05, 0) is 25.3 Å². The number of morpholine rings is 1. The highest BCUT2D eigenvalue weighted by Gasteiger charge is 2.31. The number of nitrogens with one attached hydrogen (secondary N) is 1. The van der Waals surface area contributed by atoms with Crippen LogP contribution in [0.15, 0.2) is 0 Å². The fourth-order valence-electron chi connectivity index (χ4n) is 2.74. The van der Waals surface area contributed by atoms with E-state index in [1.807, 2.05) is 0 Å². The van der Waals surface area contributed by atoms with Gasteiger partial charge in [0.05, 0.1) is 19.3 Å². The molecule has 2 aliphatic heterocycles. The molecule has 0 spiro atoms. The van der Waals surface area contributed by atoms with Gasteiger partial charge in [-0.25, -0.2) is 0 Å². The molecule has 2 saturated heterocycles. The average molecular weight is 256 g/mol. The third-order valence-corrected chi connectivity index (χ3v) is 3.71. The van der Waals surface area contributed by atoms with E-state index in [4.69, 9.17) is 9.47 Å². The fourth-order valence-corrected chi connectivity index (χ4v) is 2.74. The van der Waals surface area contributed by atoms with Crippen molar-refractivity contribution in [1.82, 2.24) is 10.2 Å². The van der Waals surface area contributed by atoms with Gasteiger partial charge in [0, 0.05) is 32.3 Å². The molecule has 0 bridgehead atoms. The smallest absolute Gasteiger partial charge is 0.0827 e. The summed E-state index contributed by atoms with van der Waals surface area (Å²) < 4.78 is 11.4. The lowest BCUT2D eigenvalue weighted by atomic mass is 10.2. The Balaban J connectivity index is 1.49. The number of ether oxygens (including phenoxy) is 2. The molecule has 0 amide bonds. The summed E-state index contributed by atoms with van der Waals surface area (Å²) in [7, 11) is 0. The SMILES string of the molecule is CC(C)COCCNCC1CN2CCCC2CO1. The summed E-state index contributed by atoms with van der Waals surface area (Å²) in [6, 6.07) is 0.704. The highest BCUT2D eigenvalue weighted by Crippen LogP contribution is 2.22. The molecule has 4 heteroatoms. The molecule has 0 radical (unpaired) electrons. The summed E-state index contributed by atoms with van der Waals surface area (Å²) in [5.41, 5.74) is 0. The van der Waals surface area contributed by atoms with Crippen LogP contribution in [0.25, 0.3) is 0 Å². The number of rotatable bonds is 7. The normalized spacial score (nSPS) is 28.8. The minimum Gasteiger partial charge on any atom is -0.380 e. The van der Waals surface area contributed by atoms with Crippen LogP contribution in [-0.2, 0) is 9.47 Å². The van der Waals surface area contributed by atoms with Crippen LogP contribution in [0.2, 0.25) is 0 Å². The molecule has 0 aromatic carbocycles. The predicted molar refractivity (Wildman–Crippen MR) is 72.9 cm³/mol.